The quantitative estimate of drug-likeness (QED) is 0.137. The van der Waals surface area contributed by atoms with E-state index < -0.39 is 28.2 Å². The van der Waals surface area contributed by atoms with Crippen LogP contribution in [0.4, 0.5) is 23.0 Å². The van der Waals surface area contributed by atoms with Crippen molar-refractivity contribution in [2.75, 3.05) is 16.8 Å². The highest BCUT2D eigenvalue weighted by Gasteiger charge is 2.32. The third-order valence-corrected chi connectivity index (χ3v) is 3.96. The lowest BCUT2D eigenvalue weighted by molar-refractivity contribution is -0.386. The number of aromatic hydroxyl groups is 2. The van der Waals surface area contributed by atoms with Crippen molar-refractivity contribution in [2.45, 2.75) is 6.04 Å². The molecule has 0 aliphatic carbocycles. The van der Waals surface area contributed by atoms with E-state index >= 15 is 0 Å². The number of phenols is 2. The first-order valence-electron chi connectivity index (χ1n) is 7.47. The normalized spacial score (nSPS) is 14.6. The topological polar surface area (TPSA) is 233 Å². The summed E-state index contributed by atoms with van der Waals surface area (Å²) in [5, 5.41) is 53.8. The molecule has 1 aromatic carbocycles. The lowest BCUT2D eigenvalue weighted by Crippen LogP contribution is -2.32. The highest BCUT2D eigenvalue weighted by atomic mass is 16.6. The number of hydrogen-bond acceptors (Lipinski definition) is 12. The SMILES string of the molecule is N#CNC1=NC(c2cc(O)c(O)c([N+](=O)[O-])c2)c2c(nc(N)c(C#N)c2N)N1. The summed E-state index contributed by atoms with van der Waals surface area (Å²) in [7, 11) is 0. The molecule has 0 radical (unpaired) electrons. The van der Waals surface area contributed by atoms with Gasteiger partial charge in [0.05, 0.1) is 10.6 Å². The fraction of sp³-hybridized carbons (Fsp3) is 0.0667. The van der Waals surface area contributed by atoms with Crippen molar-refractivity contribution in [2.24, 2.45) is 4.99 Å². The van der Waals surface area contributed by atoms with Crippen molar-refractivity contribution in [3.05, 3.63) is 38.9 Å². The zero-order valence-electron chi connectivity index (χ0n) is 13.8. The van der Waals surface area contributed by atoms with Crippen molar-refractivity contribution < 1.29 is 15.1 Å². The predicted octanol–water partition coefficient (Wildman–Crippen LogP) is 0.379. The summed E-state index contributed by atoms with van der Waals surface area (Å²) in [6.07, 6.45) is 1.66. The molecule has 0 spiro atoms. The van der Waals surface area contributed by atoms with E-state index in [1.54, 1.807) is 6.19 Å². The van der Waals surface area contributed by atoms with Gasteiger partial charge in [0.1, 0.15) is 29.3 Å². The summed E-state index contributed by atoms with van der Waals surface area (Å²) in [5.74, 6) is -1.82. The number of nitrogens with two attached hydrogens (primary N) is 2. The highest BCUT2D eigenvalue weighted by Crippen LogP contribution is 2.44. The number of phenolic OH excluding ortho intramolecular Hbond substituents is 2. The van der Waals surface area contributed by atoms with E-state index in [9.17, 15) is 25.6 Å². The molecule has 3 rings (SSSR count). The first-order valence-corrected chi connectivity index (χ1v) is 7.47. The number of nitro groups is 1. The minimum atomic E-state index is -1.10. The lowest BCUT2D eigenvalue weighted by Gasteiger charge is -2.26. The first kappa shape index (κ1) is 18.0. The van der Waals surface area contributed by atoms with Crippen LogP contribution in [-0.2, 0) is 0 Å². The number of benzene rings is 1. The van der Waals surface area contributed by atoms with Gasteiger partial charge in [-0.15, -0.1) is 0 Å². The molecule has 1 atom stereocenters. The van der Waals surface area contributed by atoms with Crippen LogP contribution in [0.1, 0.15) is 22.7 Å². The van der Waals surface area contributed by atoms with Crippen molar-refractivity contribution >= 4 is 29.0 Å². The van der Waals surface area contributed by atoms with Gasteiger partial charge in [0.2, 0.25) is 11.7 Å². The van der Waals surface area contributed by atoms with Crippen LogP contribution in [0, 0.1) is 32.9 Å². The van der Waals surface area contributed by atoms with Crippen LogP contribution >= 0.6 is 0 Å². The third-order valence-electron chi connectivity index (χ3n) is 3.96. The van der Waals surface area contributed by atoms with Crippen molar-refractivity contribution in [1.29, 1.82) is 10.5 Å². The monoisotopic (exact) mass is 381 g/mol. The number of nitriles is 2. The van der Waals surface area contributed by atoms with E-state index in [1.165, 1.54) is 0 Å². The molecule has 0 saturated carbocycles. The van der Waals surface area contributed by atoms with Crippen LogP contribution in [0.15, 0.2) is 17.1 Å². The molecular weight excluding hydrogens is 370 g/mol. The summed E-state index contributed by atoms with van der Waals surface area (Å²) in [4.78, 5) is 18.5. The number of pyridine rings is 1. The van der Waals surface area contributed by atoms with Gasteiger partial charge in [0, 0.05) is 11.6 Å². The molecule has 0 bridgehead atoms. The first-order chi connectivity index (χ1) is 13.3. The van der Waals surface area contributed by atoms with Crippen LogP contribution in [0.3, 0.4) is 0 Å². The van der Waals surface area contributed by atoms with Crippen LogP contribution in [0.25, 0.3) is 0 Å². The minimum Gasteiger partial charge on any atom is -0.504 e. The van der Waals surface area contributed by atoms with Crippen LogP contribution in [0.5, 0.6) is 11.5 Å². The fourth-order valence-corrected chi connectivity index (χ4v) is 2.74. The summed E-state index contributed by atoms with van der Waals surface area (Å²) in [5.41, 5.74) is 11.0. The summed E-state index contributed by atoms with van der Waals surface area (Å²) < 4.78 is 0. The number of fused-ring (bicyclic) bond motifs is 1. The minimum absolute atomic E-state index is 0.0594. The molecule has 8 N–H and O–H groups in total. The van der Waals surface area contributed by atoms with E-state index in [0.717, 1.165) is 12.1 Å². The van der Waals surface area contributed by atoms with Gasteiger partial charge < -0.3 is 27.0 Å². The Labute approximate surface area is 156 Å². The molecule has 2 heterocycles. The Bertz CT molecular complexity index is 1130. The Hall–Kier alpha value is -4.78. The smallest absolute Gasteiger partial charge is 0.315 e. The van der Waals surface area contributed by atoms with E-state index in [2.05, 4.69) is 20.6 Å². The van der Waals surface area contributed by atoms with Crippen molar-refractivity contribution in [3.63, 3.8) is 0 Å². The molecular formula is C15H11N9O4. The van der Waals surface area contributed by atoms with Gasteiger partial charge in [-0.2, -0.15) is 10.5 Å². The maximum Gasteiger partial charge on any atom is 0.315 e. The number of aromatic nitrogens is 1. The van der Waals surface area contributed by atoms with Gasteiger partial charge in [-0.25, -0.2) is 9.98 Å². The molecule has 1 unspecified atom stereocenters. The average molecular weight is 381 g/mol. The third kappa shape index (κ3) is 2.74. The standard InChI is InChI=1S/C15H11N9O4/c16-3-6-10(18)9-11(5-1-7(24(27)28)12(26)8(25)2-5)21-15(20-4-17)23-14(9)22-13(6)19/h1-2,11,25-26H,(H6,18,19,20,21,22,23). The van der Waals surface area contributed by atoms with Crippen molar-refractivity contribution in [3.8, 4) is 23.8 Å². The molecule has 0 saturated heterocycles. The van der Waals surface area contributed by atoms with Gasteiger partial charge in [0.25, 0.3) is 0 Å². The fourth-order valence-electron chi connectivity index (χ4n) is 2.74. The van der Waals surface area contributed by atoms with Crippen LogP contribution in [0.2, 0.25) is 0 Å². The zero-order chi connectivity index (χ0) is 20.6. The molecule has 1 aromatic heterocycles. The second-order valence-corrected chi connectivity index (χ2v) is 5.57. The summed E-state index contributed by atoms with van der Waals surface area (Å²) in [6.45, 7) is 0. The number of nitro benzene ring substituents is 1. The number of nitrogens with one attached hydrogen (secondary N) is 2. The maximum atomic E-state index is 11.2. The van der Waals surface area contributed by atoms with Gasteiger partial charge in [-0.05, 0) is 11.6 Å². The van der Waals surface area contributed by atoms with Gasteiger partial charge in [-0.3, -0.25) is 15.4 Å². The van der Waals surface area contributed by atoms with Gasteiger partial charge in [-0.1, -0.05) is 0 Å². The number of hydrogen-bond donors (Lipinski definition) is 6. The lowest BCUT2D eigenvalue weighted by atomic mass is 9.94. The number of rotatable bonds is 2. The Morgan fingerprint density at radius 2 is 2.04 bits per heavy atom. The second kappa shape index (κ2) is 6.50. The zero-order valence-corrected chi connectivity index (χ0v) is 13.8. The Balaban J connectivity index is 2.31. The molecule has 0 fully saturated rings. The predicted molar refractivity (Wildman–Crippen MR) is 95.9 cm³/mol. The summed E-state index contributed by atoms with van der Waals surface area (Å²) >= 11 is 0. The number of nitrogen functional groups attached to an aromatic ring is 2. The van der Waals surface area contributed by atoms with E-state index in [1.807, 2.05) is 6.07 Å². The summed E-state index contributed by atoms with van der Waals surface area (Å²) in [6, 6.07) is 2.76. The van der Waals surface area contributed by atoms with Crippen LogP contribution < -0.4 is 22.1 Å². The van der Waals surface area contributed by atoms with E-state index in [4.69, 9.17) is 16.7 Å². The van der Waals surface area contributed by atoms with E-state index in [0.29, 0.717) is 0 Å². The molecule has 28 heavy (non-hydrogen) atoms. The van der Waals surface area contributed by atoms with Gasteiger partial charge >= 0.3 is 5.69 Å². The highest BCUT2D eigenvalue weighted by molar-refractivity contribution is 5.98. The molecule has 13 heteroatoms. The number of guanidine groups is 1. The molecule has 0 amide bonds. The number of anilines is 3. The Morgan fingerprint density at radius 1 is 1.32 bits per heavy atom. The molecule has 140 valence electrons. The van der Waals surface area contributed by atoms with E-state index in [-0.39, 0.29) is 40.0 Å². The molecule has 1 aliphatic heterocycles. The second-order valence-electron chi connectivity index (χ2n) is 5.57. The molecule has 13 nitrogen and oxygen atoms in total. The Kier molecular flexibility index (Phi) is 4.19. The maximum absolute atomic E-state index is 11.2. The van der Waals surface area contributed by atoms with Crippen LogP contribution in [-0.4, -0.2) is 26.1 Å². The number of nitrogens with zero attached hydrogens (tertiary/aromatic N) is 5. The largest absolute Gasteiger partial charge is 0.504 e. The molecule has 1 aliphatic rings. The average Bonchev–Trinajstić information content (AvgIpc) is 2.63. The Morgan fingerprint density at radius 3 is 2.64 bits per heavy atom. The molecule has 2 aromatic rings. The van der Waals surface area contributed by atoms with Gasteiger partial charge in [0.15, 0.2) is 11.9 Å². The van der Waals surface area contributed by atoms with Crippen molar-refractivity contribution in [1.82, 2.24) is 10.3 Å². The number of aliphatic imine (C=N–C) groups is 1.